The molecule has 0 spiro atoms. The van der Waals surface area contributed by atoms with Crippen LogP contribution in [-0.2, 0) is 12.8 Å². The lowest BCUT2D eigenvalue weighted by Crippen LogP contribution is -2.18. The van der Waals surface area contributed by atoms with E-state index in [0.29, 0.717) is 28.5 Å². The summed E-state index contributed by atoms with van der Waals surface area (Å²) in [5, 5.41) is 3.43. The van der Waals surface area contributed by atoms with Crippen molar-refractivity contribution in [1.29, 1.82) is 0 Å². The molecule has 1 heterocycles. The lowest BCUT2D eigenvalue weighted by atomic mass is 9.95. The molecule has 0 saturated carbocycles. The van der Waals surface area contributed by atoms with Crippen molar-refractivity contribution in [2.45, 2.75) is 39.0 Å². The molecule has 3 N–H and O–H groups in total. The molecule has 3 rings (SSSR count). The molecule has 1 aromatic heterocycles. The minimum Gasteiger partial charge on any atom is -0.494 e. The number of ether oxygens (including phenoxy) is 1. The first-order chi connectivity index (χ1) is 12.1. The van der Waals surface area contributed by atoms with Crippen molar-refractivity contribution < 1.29 is 14.3 Å². The fraction of sp³-hybridized carbons (Fsp3) is 0.368. The maximum Gasteiger partial charge on any atom is 0.256 e. The number of nitrogens with two attached hydrogens (primary N) is 1. The van der Waals surface area contributed by atoms with E-state index in [1.165, 1.54) is 11.3 Å². The third-order valence-electron chi connectivity index (χ3n) is 4.21. The molecule has 5 nitrogen and oxygen atoms in total. The average Bonchev–Trinajstić information content (AvgIpc) is 2.98. The van der Waals surface area contributed by atoms with Crippen LogP contribution >= 0.6 is 11.3 Å². The van der Waals surface area contributed by atoms with Gasteiger partial charge in [0.05, 0.1) is 12.2 Å². The molecule has 0 aliphatic heterocycles. The zero-order chi connectivity index (χ0) is 17.8. The van der Waals surface area contributed by atoms with E-state index in [0.717, 1.165) is 42.5 Å². The van der Waals surface area contributed by atoms with Crippen molar-refractivity contribution in [2.24, 2.45) is 5.73 Å². The quantitative estimate of drug-likeness (QED) is 0.825. The predicted octanol–water partition coefficient (Wildman–Crippen LogP) is 3.77. The topological polar surface area (TPSA) is 81.4 Å². The summed E-state index contributed by atoms with van der Waals surface area (Å²) in [5.41, 5.74) is 7.56. The van der Waals surface area contributed by atoms with Crippen LogP contribution in [0.5, 0.6) is 5.75 Å². The maximum atomic E-state index is 12.6. The van der Waals surface area contributed by atoms with Gasteiger partial charge in [-0.3, -0.25) is 9.59 Å². The van der Waals surface area contributed by atoms with E-state index in [-0.39, 0.29) is 5.91 Å². The highest BCUT2D eigenvalue weighted by molar-refractivity contribution is 7.17. The summed E-state index contributed by atoms with van der Waals surface area (Å²) in [6.45, 7) is 2.63. The minimum atomic E-state index is -0.477. The van der Waals surface area contributed by atoms with Crippen LogP contribution in [0.1, 0.15) is 57.3 Å². The van der Waals surface area contributed by atoms with Crippen LogP contribution < -0.4 is 15.8 Å². The molecule has 0 bridgehead atoms. The van der Waals surface area contributed by atoms with Gasteiger partial charge in [0.1, 0.15) is 10.8 Å². The number of benzene rings is 1. The van der Waals surface area contributed by atoms with Crippen molar-refractivity contribution in [3.05, 3.63) is 45.8 Å². The highest BCUT2D eigenvalue weighted by atomic mass is 32.1. The summed E-state index contributed by atoms with van der Waals surface area (Å²) < 4.78 is 5.57. The summed E-state index contributed by atoms with van der Waals surface area (Å²) >= 11 is 1.47. The Morgan fingerprint density at radius 3 is 2.84 bits per heavy atom. The average molecular weight is 358 g/mol. The van der Waals surface area contributed by atoms with Crippen LogP contribution in [0.25, 0.3) is 0 Å². The van der Waals surface area contributed by atoms with Gasteiger partial charge in [0.25, 0.3) is 11.8 Å². The smallest absolute Gasteiger partial charge is 0.256 e. The van der Waals surface area contributed by atoms with Crippen LogP contribution in [0.2, 0.25) is 0 Å². The second kappa shape index (κ2) is 7.70. The number of amides is 2. The highest BCUT2D eigenvalue weighted by Gasteiger charge is 2.25. The van der Waals surface area contributed by atoms with Crippen LogP contribution in [0.3, 0.4) is 0 Å². The number of rotatable bonds is 6. The van der Waals surface area contributed by atoms with Crippen molar-refractivity contribution in [3.63, 3.8) is 0 Å². The zero-order valence-corrected chi connectivity index (χ0v) is 15.1. The Labute approximate surface area is 151 Å². The van der Waals surface area contributed by atoms with E-state index in [1.807, 2.05) is 13.0 Å². The van der Waals surface area contributed by atoms with Gasteiger partial charge in [0.2, 0.25) is 0 Å². The normalized spacial score (nSPS) is 13.2. The number of aryl methyl sites for hydroxylation is 1. The van der Waals surface area contributed by atoms with Crippen molar-refractivity contribution in [1.82, 2.24) is 0 Å². The summed E-state index contributed by atoms with van der Waals surface area (Å²) in [6.07, 6.45) is 4.85. The number of fused-ring (bicyclic) bond motifs is 1. The fourth-order valence-electron chi connectivity index (χ4n) is 3.04. The van der Waals surface area contributed by atoms with E-state index in [4.69, 9.17) is 10.5 Å². The molecule has 1 aliphatic rings. The number of thiophene rings is 1. The lowest BCUT2D eigenvalue weighted by molar-refractivity contribution is 0.100. The number of hydrogen-bond acceptors (Lipinski definition) is 4. The molecule has 132 valence electrons. The van der Waals surface area contributed by atoms with E-state index >= 15 is 0 Å². The molecule has 0 saturated heterocycles. The van der Waals surface area contributed by atoms with Gasteiger partial charge in [0, 0.05) is 10.4 Å². The Balaban J connectivity index is 1.84. The molecule has 0 atom stereocenters. The molecular formula is C19H22N2O3S. The van der Waals surface area contributed by atoms with Crippen molar-refractivity contribution >= 4 is 28.2 Å². The number of carbonyl (C=O) groups excluding carboxylic acids is 2. The highest BCUT2D eigenvalue weighted by Crippen LogP contribution is 2.38. The second-order valence-corrected chi connectivity index (χ2v) is 7.21. The van der Waals surface area contributed by atoms with Gasteiger partial charge in [-0.2, -0.15) is 0 Å². The van der Waals surface area contributed by atoms with E-state index in [1.54, 1.807) is 18.2 Å². The van der Waals surface area contributed by atoms with E-state index in [2.05, 4.69) is 5.32 Å². The number of hydrogen-bond donors (Lipinski definition) is 2. The maximum absolute atomic E-state index is 12.6. The van der Waals surface area contributed by atoms with Gasteiger partial charge in [0.15, 0.2) is 0 Å². The van der Waals surface area contributed by atoms with Gasteiger partial charge in [-0.1, -0.05) is 13.0 Å². The van der Waals surface area contributed by atoms with Crippen molar-refractivity contribution in [3.8, 4) is 5.75 Å². The number of nitrogens with one attached hydrogen (secondary N) is 1. The molecule has 25 heavy (non-hydrogen) atoms. The van der Waals surface area contributed by atoms with Gasteiger partial charge in [-0.05, 0) is 55.9 Å². The first-order valence-electron chi connectivity index (χ1n) is 8.58. The molecule has 6 heteroatoms. The predicted molar refractivity (Wildman–Crippen MR) is 99.7 cm³/mol. The molecule has 0 fully saturated rings. The Morgan fingerprint density at radius 2 is 2.08 bits per heavy atom. The monoisotopic (exact) mass is 358 g/mol. The third-order valence-corrected chi connectivity index (χ3v) is 5.42. The first kappa shape index (κ1) is 17.5. The molecular weight excluding hydrogens is 336 g/mol. The Kier molecular flexibility index (Phi) is 5.38. The van der Waals surface area contributed by atoms with Gasteiger partial charge >= 0.3 is 0 Å². The molecule has 1 aliphatic carbocycles. The SMILES string of the molecule is CCCOc1cccc(C(=O)Nc2sc3c(c2C(N)=O)CCCC3)c1. The van der Waals surface area contributed by atoms with Crippen LogP contribution in [-0.4, -0.2) is 18.4 Å². The first-order valence-corrected chi connectivity index (χ1v) is 9.40. The Hall–Kier alpha value is -2.34. The largest absolute Gasteiger partial charge is 0.494 e. The Bertz CT molecular complexity index is 798. The summed E-state index contributed by atoms with van der Waals surface area (Å²) in [4.78, 5) is 25.7. The molecule has 0 radical (unpaired) electrons. The standard InChI is InChI=1S/C19H22N2O3S/c1-2-10-24-13-7-5-6-12(11-13)18(23)21-19-16(17(20)22)14-8-3-4-9-15(14)25-19/h5-7,11H,2-4,8-10H2,1H3,(H2,20,22)(H,21,23). The van der Waals surface area contributed by atoms with Crippen molar-refractivity contribution in [2.75, 3.05) is 11.9 Å². The van der Waals surface area contributed by atoms with Crippen LogP contribution in [0.15, 0.2) is 24.3 Å². The third kappa shape index (κ3) is 3.85. The summed E-state index contributed by atoms with van der Waals surface area (Å²) in [5.74, 6) is -0.0760. The Morgan fingerprint density at radius 1 is 1.28 bits per heavy atom. The van der Waals surface area contributed by atoms with Crippen LogP contribution in [0.4, 0.5) is 5.00 Å². The summed E-state index contributed by atoms with van der Waals surface area (Å²) in [7, 11) is 0. The molecule has 0 unspecified atom stereocenters. The number of carbonyl (C=O) groups is 2. The zero-order valence-electron chi connectivity index (χ0n) is 14.3. The van der Waals surface area contributed by atoms with Gasteiger partial charge in [-0.25, -0.2) is 0 Å². The van der Waals surface area contributed by atoms with Crippen LogP contribution in [0, 0.1) is 0 Å². The van der Waals surface area contributed by atoms with E-state index in [9.17, 15) is 9.59 Å². The molecule has 1 aromatic carbocycles. The van der Waals surface area contributed by atoms with E-state index < -0.39 is 5.91 Å². The number of anilines is 1. The second-order valence-electron chi connectivity index (χ2n) is 6.11. The summed E-state index contributed by atoms with van der Waals surface area (Å²) in [6, 6.07) is 7.05. The molecule has 2 aromatic rings. The fourth-order valence-corrected chi connectivity index (χ4v) is 4.33. The number of primary amides is 1. The van der Waals surface area contributed by atoms with Gasteiger partial charge < -0.3 is 15.8 Å². The van der Waals surface area contributed by atoms with Gasteiger partial charge in [-0.15, -0.1) is 11.3 Å². The minimum absolute atomic E-state index is 0.261. The molecule has 2 amide bonds. The lowest BCUT2D eigenvalue weighted by Gasteiger charge is -2.11.